The van der Waals surface area contributed by atoms with Crippen molar-refractivity contribution in [3.63, 3.8) is 0 Å². The number of ether oxygens (including phenoxy) is 1. The van der Waals surface area contributed by atoms with Crippen LogP contribution in [0.4, 0.5) is 5.69 Å². The minimum Gasteiger partial charge on any atom is -0.497 e. The molecular weight excluding hydrogens is 416 g/mol. The van der Waals surface area contributed by atoms with Gasteiger partial charge >= 0.3 is 0 Å². The summed E-state index contributed by atoms with van der Waals surface area (Å²) < 4.78 is 32.4. The third-order valence-corrected chi connectivity index (χ3v) is 7.80. The number of nitrogens with zero attached hydrogens (tertiary/aromatic N) is 2. The standard InChI is InChI=1S/C23H30N2O5S/c1-16-15-17(23(27)24(2)21-7-5-6-8-22(21)26)9-14-20(16)25(3)31(28,29)19-12-10-18(30-4)11-13-19/h9-15,21-22,26H,5-8H2,1-4H3/t21-,22-/m0/s1. The highest BCUT2D eigenvalue weighted by Gasteiger charge is 2.30. The molecule has 0 bridgehead atoms. The molecule has 8 heteroatoms. The lowest BCUT2D eigenvalue weighted by Gasteiger charge is -2.35. The molecule has 0 aliphatic heterocycles. The maximum absolute atomic E-state index is 13.0. The summed E-state index contributed by atoms with van der Waals surface area (Å²) in [5, 5.41) is 10.3. The lowest BCUT2D eigenvalue weighted by atomic mass is 9.91. The maximum Gasteiger partial charge on any atom is 0.264 e. The van der Waals surface area contributed by atoms with Gasteiger partial charge in [-0.15, -0.1) is 0 Å². The van der Waals surface area contributed by atoms with Crippen molar-refractivity contribution in [2.75, 3.05) is 25.5 Å². The van der Waals surface area contributed by atoms with Gasteiger partial charge in [-0.05, 0) is 67.8 Å². The Hall–Kier alpha value is -2.58. The van der Waals surface area contributed by atoms with Crippen LogP contribution >= 0.6 is 0 Å². The fourth-order valence-electron chi connectivity index (χ4n) is 4.07. The first-order chi connectivity index (χ1) is 14.7. The van der Waals surface area contributed by atoms with E-state index in [2.05, 4.69) is 0 Å². The van der Waals surface area contributed by atoms with Crippen molar-refractivity contribution in [2.24, 2.45) is 0 Å². The van der Waals surface area contributed by atoms with Crippen LogP contribution in [-0.2, 0) is 10.0 Å². The largest absolute Gasteiger partial charge is 0.497 e. The lowest BCUT2D eigenvalue weighted by molar-refractivity contribution is 0.0268. The van der Waals surface area contributed by atoms with Crippen LogP contribution < -0.4 is 9.04 Å². The van der Waals surface area contributed by atoms with Crippen molar-refractivity contribution < 1.29 is 23.1 Å². The number of amides is 1. The van der Waals surface area contributed by atoms with Crippen LogP contribution in [0, 0.1) is 6.92 Å². The Balaban J connectivity index is 1.83. The van der Waals surface area contributed by atoms with Gasteiger partial charge < -0.3 is 14.7 Å². The van der Waals surface area contributed by atoms with E-state index in [1.807, 2.05) is 0 Å². The Bertz CT molecular complexity index is 1040. The third-order valence-electron chi connectivity index (χ3n) is 6.01. The number of benzene rings is 2. The van der Waals surface area contributed by atoms with Crippen LogP contribution in [0.5, 0.6) is 5.75 Å². The van der Waals surface area contributed by atoms with Crippen LogP contribution in [0.25, 0.3) is 0 Å². The molecule has 2 atom stereocenters. The minimum absolute atomic E-state index is 0.154. The van der Waals surface area contributed by atoms with Gasteiger partial charge in [-0.3, -0.25) is 9.10 Å². The fraction of sp³-hybridized carbons (Fsp3) is 0.435. The normalized spacial score (nSPS) is 19.0. The van der Waals surface area contributed by atoms with Crippen molar-refractivity contribution in [1.29, 1.82) is 0 Å². The zero-order valence-electron chi connectivity index (χ0n) is 18.4. The molecule has 1 fully saturated rings. The molecule has 0 aromatic heterocycles. The van der Waals surface area contributed by atoms with Crippen molar-refractivity contribution in [2.45, 2.75) is 49.6 Å². The predicted octanol–water partition coefficient (Wildman–Crippen LogP) is 3.20. The molecule has 0 radical (unpaired) electrons. The molecule has 1 saturated carbocycles. The van der Waals surface area contributed by atoms with Crippen LogP contribution in [-0.4, -0.2) is 57.7 Å². The summed E-state index contributed by atoms with van der Waals surface area (Å²) in [7, 11) is 0.965. The van der Waals surface area contributed by atoms with E-state index in [-0.39, 0.29) is 16.8 Å². The Morgan fingerprint density at radius 3 is 2.29 bits per heavy atom. The van der Waals surface area contributed by atoms with Gasteiger partial charge in [0.2, 0.25) is 0 Å². The highest BCUT2D eigenvalue weighted by Crippen LogP contribution is 2.28. The van der Waals surface area contributed by atoms with E-state index in [1.54, 1.807) is 49.2 Å². The van der Waals surface area contributed by atoms with E-state index >= 15 is 0 Å². The topological polar surface area (TPSA) is 87.2 Å². The molecule has 0 unspecified atom stereocenters. The monoisotopic (exact) mass is 446 g/mol. The van der Waals surface area contributed by atoms with E-state index in [4.69, 9.17) is 4.74 Å². The van der Waals surface area contributed by atoms with Crippen LogP contribution in [0.3, 0.4) is 0 Å². The number of likely N-dealkylation sites (N-methyl/N-ethyl adjacent to an activating group) is 1. The summed E-state index contributed by atoms with van der Waals surface area (Å²) in [6, 6.07) is 11.0. The van der Waals surface area contributed by atoms with Crippen molar-refractivity contribution in [3.05, 3.63) is 53.6 Å². The third kappa shape index (κ3) is 4.70. The molecule has 1 amide bonds. The molecule has 1 aliphatic carbocycles. The number of aryl methyl sites for hydroxylation is 1. The molecule has 168 valence electrons. The molecule has 0 heterocycles. The summed E-state index contributed by atoms with van der Waals surface area (Å²) in [6.07, 6.45) is 2.94. The summed E-state index contributed by atoms with van der Waals surface area (Å²) in [5.74, 6) is 0.397. The second-order valence-corrected chi connectivity index (χ2v) is 9.95. The number of aliphatic hydroxyl groups excluding tert-OH is 1. The van der Waals surface area contributed by atoms with Crippen molar-refractivity contribution in [1.82, 2.24) is 4.90 Å². The Morgan fingerprint density at radius 2 is 1.71 bits per heavy atom. The van der Waals surface area contributed by atoms with Gasteiger partial charge in [-0.1, -0.05) is 12.8 Å². The summed E-state index contributed by atoms with van der Waals surface area (Å²) >= 11 is 0. The highest BCUT2D eigenvalue weighted by molar-refractivity contribution is 7.92. The molecule has 1 N–H and O–H groups in total. The SMILES string of the molecule is COc1ccc(S(=O)(=O)N(C)c2ccc(C(=O)N(C)[C@H]3CCCC[C@@H]3O)cc2C)cc1. The molecule has 3 rings (SSSR count). The van der Waals surface area contributed by atoms with Gasteiger partial charge in [-0.2, -0.15) is 0 Å². The zero-order chi connectivity index (χ0) is 22.8. The number of anilines is 1. The number of methoxy groups -OCH3 is 1. The Kier molecular flexibility index (Phi) is 6.91. The molecule has 0 saturated heterocycles. The Morgan fingerprint density at radius 1 is 1.06 bits per heavy atom. The minimum atomic E-state index is -3.76. The average Bonchev–Trinajstić information content (AvgIpc) is 2.78. The highest BCUT2D eigenvalue weighted by atomic mass is 32.2. The van der Waals surface area contributed by atoms with Crippen LogP contribution in [0.2, 0.25) is 0 Å². The van der Waals surface area contributed by atoms with Gasteiger partial charge in [0.15, 0.2) is 0 Å². The number of rotatable bonds is 6. The summed E-state index contributed by atoms with van der Waals surface area (Å²) in [5.41, 5.74) is 1.63. The van der Waals surface area contributed by atoms with Gasteiger partial charge in [0, 0.05) is 19.7 Å². The smallest absolute Gasteiger partial charge is 0.264 e. The number of carbonyl (C=O) groups is 1. The van der Waals surface area contributed by atoms with E-state index in [1.165, 1.54) is 30.6 Å². The van der Waals surface area contributed by atoms with Gasteiger partial charge in [0.25, 0.3) is 15.9 Å². The molecule has 2 aromatic carbocycles. The molecule has 7 nitrogen and oxygen atoms in total. The van der Waals surface area contributed by atoms with Crippen molar-refractivity contribution in [3.8, 4) is 5.75 Å². The molecule has 1 aliphatic rings. The quantitative estimate of drug-likeness (QED) is 0.736. The van der Waals surface area contributed by atoms with E-state index < -0.39 is 16.1 Å². The predicted molar refractivity (Wildman–Crippen MR) is 120 cm³/mol. The first-order valence-corrected chi connectivity index (χ1v) is 11.8. The van der Waals surface area contributed by atoms with Crippen molar-refractivity contribution >= 4 is 21.6 Å². The molecule has 0 spiro atoms. The van der Waals surface area contributed by atoms with Gasteiger partial charge in [-0.25, -0.2) is 8.42 Å². The maximum atomic E-state index is 13.0. The molecule has 2 aromatic rings. The number of carbonyl (C=O) groups excluding carboxylic acids is 1. The number of sulfonamides is 1. The number of hydrogen-bond donors (Lipinski definition) is 1. The first kappa shape index (κ1) is 23.1. The van der Waals surface area contributed by atoms with Crippen LogP contribution in [0.1, 0.15) is 41.6 Å². The zero-order valence-corrected chi connectivity index (χ0v) is 19.2. The Labute approximate surface area is 184 Å². The average molecular weight is 447 g/mol. The van der Waals surface area contributed by atoms with Gasteiger partial charge in [0.1, 0.15) is 5.75 Å². The number of hydrogen-bond acceptors (Lipinski definition) is 5. The second kappa shape index (κ2) is 9.28. The van der Waals surface area contributed by atoms with E-state index in [9.17, 15) is 18.3 Å². The van der Waals surface area contributed by atoms with Gasteiger partial charge in [0.05, 0.1) is 29.8 Å². The van der Waals surface area contributed by atoms with E-state index in [0.29, 0.717) is 29.0 Å². The molecule has 31 heavy (non-hydrogen) atoms. The number of aliphatic hydroxyl groups is 1. The first-order valence-electron chi connectivity index (χ1n) is 10.4. The van der Waals surface area contributed by atoms with Crippen LogP contribution in [0.15, 0.2) is 47.4 Å². The second-order valence-electron chi connectivity index (χ2n) is 7.98. The molecular formula is C23H30N2O5S. The summed E-state index contributed by atoms with van der Waals surface area (Å²) in [6.45, 7) is 1.78. The lowest BCUT2D eigenvalue weighted by Crippen LogP contribution is -2.46. The summed E-state index contributed by atoms with van der Waals surface area (Å²) in [4.78, 5) is 14.7. The fourth-order valence-corrected chi connectivity index (χ4v) is 5.33. The van der Waals surface area contributed by atoms with E-state index in [0.717, 1.165) is 19.3 Å².